The normalized spacial score (nSPS) is 29.0. The number of benzene rings is 1. The number of fused-ring (bicyclic) bond motifs is 3. The number of piperazine rings is 1. The molecule has 0 bridgehead atoms. The molecule has 3 heterocycles. The van der Waals surface area contributed by atoms with Gasteiger partial charge in [0.2, 0.25) is 0 Å². The van der Waals surface area contributed by atoms with Crippen LogP contribution in [0.2, 0.25) is 0 Å². The summed E-state index contributed by atoms with van der Waals surface area (Å²) < 4.78 is 6.01. The van der Waals surface area contributed by atoms with E-state index in [-0.39, 0.29) is 0 Å². The van der Waals surface area contributed by atoms with E-state index in [2.05, 4.69) is 20.8 Å². The molecule has 1 aromatic carbocycles. The topological polar surface area (TPSA) is 45.0 Å². The summed E-state index contributed by atoms with van der Waals surface area (Å²) in [6.07, 6.45) is 5.56. The van der Waals surface area contributed by atoms with Crippen LogP contribution in [0, 0.1) is 0 Å². The summed E-state index contributed by atoms with van der Waals surface area (Å²) in [7, 11) is 0. The van der Waals surface area contributed by atoms with Crippen molar-refractivity contribution in [1.29, 1.82) is 0 Å². The van der Waals surface area contributed by atoms with Crippen LogP contribution in [0.1, 0.15) is 25.7 Å². The molecule has 1 saturated carbocycles. The molecule has 5 nitrogen and oxygen atoms in total. The minimum absolute atomic E-state index is 0.483. The fraction of sp³-hybridized carbons (Fsp3) is 0.684. The van der Waals surface area contributed by atoms with Gasteiger partial charge in [0.15, 0.2) is 0 Å². The fourth-order valence-corrected chi connectivity index (χ4v) is 4.80. The zero-order chi connectivity index (χ0) is 16.1. The first-order valence-electron chi connectivity index (χ1n) is 9.55. The van der Waals surface area contributed by atoms with E-state index in [1.807, 2.05) is 12.1 Å². The first-order valence-corrected chi connectivity index (χ1v) is 9.55. The molecule has 130 valence electrons. The van der Waals surface area contributed by atoms with Crippen LogP contribution in [0.25, 0.3) is 0 Å². The molecule has 3 fully saturated rings. The second-order valence-electron chi connectivity index (χ2n) is 7.88. The summed E-state index contributed by atoms with van der Waals surface area (Å²) in [6, 6.07) is 8.27. The van der Waals surface area contributed by atoms with E-state index in [9.17, 15) is 0 Å². The lowest BCUT2D eigenvalue weighted by molar-refractivity contribution is 0.0768. The molecular weight excluding hydrogens is 300 g/mol. The number of nitrogens with zero attached hydrogens (tertiary/aromatic N) is 3. The maximum Gasteiger partial charge on any atom is 0.144 e. The van der Waals surface area contributed by atoms with Gasteiger partial charge in [-0.2, -0.15) is 0 Å². The summed E-state index contributed by atoms with van der Waals surface area (Å²) in [6.45, 7) is 6.81. The molecular formula is C19H28N4O. The third-order valence-corrected chi connectivity index (χ3v) is 6.32. The number of ether oxygens (including phenoxy) is 1. The largest absolute Gasteiger partial charge is 0.489 e. The van der Waals surface area contributed by atoms with Gasteiger partial charge < -0.3 is 20.3 Å². The SMILES string of the molecule is Nc1ccc2c(c1)OC[C@@H]1CN(C3CCN(C4CC4)CC3)CCN21. The molecule has 5 heteroatoms. The maximum atomic E-state index is 6.01. The third kappa shape index (κ3) is 2.64. The third-order valence-electron chi connectivity index (χ3n) is 6.32. The van der Waals surface area contributed by atoms with E-state index in [4.69, 9.17) is 10.5 Å². The second-order valence-corrected chi connectivity index (χ2v) is 7.88. The Hall–Kier alpha value is -1.46. The van der Waals surface area contributed by atoms with Crippen molar-refractivity contribution >= 4 is 11.4 Å². The summed E-state index contributed by atoms with van der Waals surface area (Å²) in [5.41, 5.74) is 7.91. The minimum Gasteiger partial charge on any atom is -0.489 e. The highest BCUT2D eigenvalue weighted by molar-refractivity contribution is 5.66. The minimum atomic E-state index is 0.483. The average molecular weight is 328 g/mol. The molecule has 0 aromatic heterocycles. The van der Waals surface area contributed by atoms with Crippen LogP contribution in [0.5, 0.6) is 5.75 Å². The van der Waals surface area contributed by atoms with Crippen molar-refractivity contribution in [3.63, 3.8) is 0 Å². The Morgan fingerprint density at radius 1 is 0.875 bits per heavy atom. The van der Waals surface area contributed by atoms with Crippen LogP contribution in [0.15, 0.2) is 18.2 Å². The van der Waals surface area contributed by atoms with E-state index < -0.39 is 0 Å². The Kier molecular flexibility index (Phi) is 3.60. The number of anilines is 2. The van der Waals surface area contributed by atoms with E-state index in [1.165, 1.54) is 51.0 Å². The lowest BCUT2D eigenvalue weighted by Gasteiger charge is -2.49. The maximum absolute atomic E-state index is 6.01. The van der Waals surface area contributed by atoms with Gasteiger partial charge in [-0.05, 0) is 50.9 Å². The zero-order valence-electron chi connectivity index (χ0n) is 14.4. The molecule has 1 aromatic rings. The first-order chi connectivity index (χ1) is 11.8. The predicted octanol–water partition coefficient (Wildman–Crippen LogP) is 1.78. The van der Waals surface area contributed by atoms with Gasteiger partial charge in [-0.15, -0.1) is 0 Å². The molecule has 0 amide bonds. The molecule has 4 aliphatic rings. The number of rotatable bonds is 2. The highest BCUT2D eigenvalue weighted by Gasteiger charge is 2.38. The van der Waals surface area contributed by atoms with E-state index in [0.29, 0.717) is 6.04 Å². The number of hydrogen-bond donors (Lipinski definition) is 1. The fourth-order valence-electron chi connectivity index (χ4n) is 4.80. The first kappa shape index (κ1) is 14.8. The number of likely N-dealkylation sites (tertiary alicyclic amines) is 1. The smallest absolute Gasteiger partial charge is 0.144 e. The van der Waals surface area contributed by atoms with Gasteiger partial charge in [0, 0.05) is 43.5 Å². The standard InChI is InChI=1S/C19H28N4O/c20-14-1-4-18-19(11-14)24-13-17-12-22(9-10-23(17)18)16-5-7-21(8-6-16)15-2-3-15/h1,4,11,15-17H,2-3,5-10,12-13,20H2/t17-/m0/s1. The van der Waals surface area contributed by atoms with Gasteiger partial charge in [0.1, 0.15) is 12.4 Å². The van der Waals surface area contributed by atoms with Gasteiger partial charge >= 0.3 is 0 Å². The molecule has 0 spiro atoms. The molecule has 1 aliphatic carbocycles. The molecule has 2 saturated heterocycles. The van der Waals surface area contributed by atoms with Gasteiger partial charge in [-0.3, -0.25) is 4.90 Å². The molecule has 5 rings (SSSR count). The number of nitrogen functional groups attached to an aromatic ring is 1. The van der Waals surface area contributed by atoms with Crippen molar-refractivity contribution in [1.82, 2.24) is 9.80 Å². The van der Waals surface area contributed by atoms with Crippen LogP contribution in [0.4, 0.5) is 11.4 Å². The Morgan fingerprint density at radius 3 is 2.46 bits per heavy atom. The van der Waals surface area contributed by atoms with Crippen LogP contribution < -0.4 is 15.4 Å². The molecule has 0 unspecified atom stereocenters. The van der Waals surface area contributed by atoms with Crippen molar-refractivity contribution in [2.75, 3.05) is 50.0 Å². The van der Waals surface area contributed by atoms with Crippen molar-refractivity contribution in [2.45, 2.75) is 43.8 Å². The van der Waals surface area contributed by atoms with Gasteiger partial charge in [0.05, 0.1) is 11.7 Å². The van der Waals surface area contributed by atoms with Crippen molar-refractivity contribution in [3.8, 4) is 5.75 Å². The highest BCUT2D eigenvalue weighted by Crippen LogP contribution is 2.37. The highest BCUT2D eigenvalue weighted by atomic mass is 16.5. The second kappa shape index (κ2) is 5.81. The van der Waals surface area contributed by atoms with E-state index in [0.717, 1.165) is 43.2 Å². The van der Waals surface area contributed by atoms with Gasteiger partial charge in [-0.25, -0.2) is 0 Å². The Balaban J connectivity index is 1.24. The quantitative estimate of drug-likeness (QED) is 0.839. The molecule has 24 heavy (non-hydrogen) atoms. The number of piperidine rings is 1. The van der Waals surface area contributed by atoms with Crippen LogP contribution >= 0.6 is 0 Å². The Bertz CT molecular complexity index is 609. The number of hydrogen-bond acceptors (Lipinski definition) is 5. The van der Waals surface area contributed by atoms with E-state index >= 15 is 0 Å². The average Bonchev–Trinajstić information content (AvgIpc) is 3.46. The van der Waals surface area contributed by atoms with Crippen LogP contribution in [-0.2, 0) is 0 Å². The van der Waals surface area contributed by atoms with Crippen molar-refractivity contribution in [2.24, 2.45) is 0 Å². The van der Waals surface area contributed by atoms with Crippen molar-refractivity contribution in [3.05, 3.63) is 18.2 Å². The number of nitrogens with two attached hydrogens (primary N) is 1. The zero-order valence-corrected chi connectivity index (χ0v) is 14.4. The monoisotopic (exact) mass is 328 g/mol. The van der Waals surface area contributed by atoms with Crippen LogP contribution in [-0.4, -0.2) is 67.3 Å². The molecule has 1 atom stereocenters. The van der Waals surface area contributed by atoms with Gasteiger partial charge in [0.25, 0.3) is 0 Å². The lowest BCUT2D eigenvalue weighted by atomic mass is 9.99. The van der Waals surface area contributed by atoms with Crippen molar-refractivity contribution < 1.29 is 4.74 Å². The lowest BCUT2D eigenvalue weighted by Crippen LogP contribution is -2.60. The molecule has 0 radical (unpaired) electrons. The Labute approximate surface area is 144 Å². The predicted molar refractivity (Wildman–Crippen MR) is 96.7 cm³/mol. The summed E-state index contributed by atoms with van der Waals surface area (Å²) in [4.78, 5) is 7.99. The summed E-state index contributed by atoms with van der Waals surface area (Å²) >= 11 is 0. The summed E-state index contributed by atoms with van der Waals surface area (Å²) in [5, 5.41) is 0. The Morgan fingerprint density at radius 2 is 1.67 bits per heavy atom. The van der Waals surface area contributed by atoms with Gasteiger partial charge in [-0.1, -0.05) is 0 Å². The van der Waals surface area contributed by atoms with E-state index in [1.54, 1.807) is 0 Å². The molecule has 3 aliphatic heterocycles. The van der Waals surface area contributed by atoms with Crippen LogP contribution in [0.3, 0.4) is 0 Å². The molecule has 2 N–H and O–H groups in total. The summed E-state index contributed by atoms with van der Waals surface area (Å²) in [5.74, 6) is 0.956.